The first-order valence-electron chi connectivity index (χ1n) is 6.89. The van der Waals surface area contributed by atoms with Crippen molar-refractivity contribution in [1.29, 1.82) is 0 Å². The van der Waals surface area contributed by atoms with Gasteiger partial charge in [0.2, 0.25) is 0 Å². The van der Waals surface area contributed by atoms with Crippen LogP contribution in [0.25, 0.3) is 0 Å². The first kappa shape index (κ1) is 17.7. The number of hydrogen-bond acceptors (Lipinski definition) is 3. The van der Waals surface area contributed by atoms with Crippen molar-refractivity contribution in [3.63, 3.8) is 0 Å². The Morgan fingerprint density at radius 3 is 2.55 bits per heavy atom. The maximum Gasteiger partial charge on any atom is 0.0718 e. The summed E-state index contributed by atoms with van der Waals surface area (Å²) >= 11 is 12.2. The highest BCUT2D eigenvalue weighted by molar-refractivity contribution is 6.42. The van der Waals surface area contributed by atoms with Crippen LogP contribution in [0.4, 0.5) is 0 Å². The van der Waals surface area contributed by atoms with Crippen LogP contribution in [-0.2, 0) is 0 Å². The maximum atomic E-state index is 9.87. The monoisotopic (exact) mass is 318 g/mol. The molecule has 1 atom stereocenters. The van der Waals surface area contributed by atoms with Crippen molar-refractivity contribution in [3.05, 3.63) is 33.8 Å². The largest absolute Gasteiger partial charge is 0.389 e. The molecule has 0 aliphatic carbocycles. The molecule has 0 heterocycles. The van der Waals surface area contributed by atoms with Gasteiger partial charge >= 0.3 is 0 Å². The Kier molecular flexibility index (Phi) is 6.76. The molecule has 3 nitrogen and oxygen atoms in total. The van der Waals surface area contributed by atoms with Crippen LogP contribution in [0.1, 0.15) is 38.8 Å². The van der Waals surface area contributed by atoms with E-state index in [2.05, 4.69) is 11.8 Å². The van der Waals surface area contributed by atoms with Gasteiger partial charge in [-0.1, -0.05) is 42.3 Å². The van der Waals surface area contributed by atoms with E-state index in [4.69, 9.17) is 28.9 Å². The van der Waals surface area contributed by atoms with Gasteiger partial charge in [0.15, 0.2) is 0 Å². The molecule has 0 saturated heterocycles. The van der Waals surface area contributed by atoms with E-state index in [0.29, 0.717) is 16.6 Å². The molecular weight excluding hydrogens is 295 g/mol. The summed E-state index contributed by atoms with van der Waals surface area (Å²) in [7, 11) is 0. The SMILES string of the molecule is CCN(CCC(N)c1cccc(Cl)c1Cl)CC(C)(C)O. The zero-order chi connectivity index (χ0) is 15.3. The standard InChI is InChI=1S/C15H24Cl2N2O/c1-4-19(10-15(2,3)20)9-8-13(18)11-6-5-7-12(16)14(11)17/h5-7,13,20H,4,8-10,18H2,1-3H3. The number of nitrogens with two attached hydrogens (primary N) is 1. The third-order valence-electron chi connectivity index (χ3n) is 3.20. The van der Waals surface area contributed by atoms with Gasteiger partial charge in [-0.05, 0) is 38.4 Å². The molecule has 0 fully saturated rings. The van der Waals surface area contributed by atoms with E-state index >= 15 is 0 Å². The van der Waals surface area contributed by atoms with Gasteiger partial charge in [0, 0.05) is 19.1 Å². The van der Waals surface area contributed by atoms with Crippen molar-refractivity contribution in [2.45, 2.75) is 38.8 Å². The molecule has 1 rings (SSSR count). The van der Waals surface area contributed by atoms with Crippen molar-refractivity contribution in [1.82, 2.24) is 4.90 Å². The third-order valence-corrected chi connectivity index (χ3v) is 4.03. The molecule has 1 aromatic carbocycles. The van der Waals surface area contributed by atoms with Crippen molar-refractivity contribution < 1.29 is 5.11 Å². The summed E-state index contributed by atoms with van der Waals surface area (Å²) in [5.74, 6) is 0. The van der Waals surface area contributed by atoms with Gasteiger partial charge in [-0.25, -0.2) is 0 Å². The summed E-state index contributed by atoms with van der Waals surface area (Å²) in [5.41, 5.74) is 6.37. The van der Waals surface area contributed by atoms with Crippen LogP contribution in [-0.4, -0.2) is 35.2 Å². The van der Waals surface area contributed by atoms with Crippen molar-refractivity contribution >= 4 is 23.2 Å². The highest BCUT2D eigenvalue weighted by atomic mass is 35.5. The number of nitrogens with zero attached hydrogens (tertiary/aromatic N) is 1. The number of benzene rings is 1. The van der Waals surface area contributed by atoms with Crippen molar-refractivity contribution in [2.24, 2.45) is 5.73 Å². The van der Waals surface area contributed by atoms with E-state index in [1.54, 1.807) is 6.07 Å². The third kappa shape index (κ3) is 5.58. The zero-order valence-corrected chi connectivity index (χ0v) is 13.9. The van der Waals surface area contributed by atoms with Crippen LogP contribution < -0.4 is 5.73 Å². The van der Waals surface area contributed by atoms with E-state index in [0.717, 1.165) is 25.1 Å². The molecule has 5 heteroatoms. The maximum absolute atomic E-state index is 9.87. The molecule has 1 aromatic rings. The molecule has 0 spiro atoms. The molecule has 1 unspecified atom stereocenters. The fourth-order valence-corrected chi connectivity index (χ4v) is 2.63. The molecule has 0 aromatic heterocycles. The summed E-state index contributed by atoms with van der Waals surface area (Å²) in [6, 6.07) is 5.37. The molecule has 3 N–H and O–H groups in total. The summed E-state index contributed by atoms with van der Waals surface area (Å²) in [5, 5.41) is 10.9. The molecule has 0 saturated carbocycles. The molecule has 0 aliphatic rings. The summed E-state index contributed by atoms with van der Waals surface area (Å²) in [4.78, 5) is 2.18. The lowest BCUT2D eigenvalue weighted by Gasteiger charge is -2.29. The summed E-state index contributed by atoms with van der Waals surface area (Å²) < 4.78 is 0. The predicted octanol–water partition coefficient (Wildman–Crippen LogP) is 3.48. The van der Waals surface area contributed by atoms with Gasteiger partial charge in [-0.2, -0.15) is 0 Å². The Labute approximate surface area is 131 Å². The Bertz CT molecular complexity index is 432. The Morgan fingerprint density at radius 1 is 1.35 bits per heavy atom. The number of likely N-dealkylation sites (N-methyl/N-ethyl adjacent to an activating group) is 1. The minimum Gasteiger partial charge on any atom is -0.389 e. The quantitative estimate of drug-likeness (QED) is 0.809. The van der Waals surface area contributed by atoms with Crippen LogP contribution in [0.15, 0.2) is 18.2 Å². The molecule has 0 amide bonds. The van der Waals surface area contributed by atoms with Gasteiger partial charge in [-0.15, -0.1) is 0 Å². The highest BCUT2D eigenvalue weighted by Gasteiger charge is 2.19. The normalized spacial score (nSPS) is 13.8. The van der Waals surface area contributed by atoms with Gasteiger partial charge in [0.05, 0.1) is 15.6 Å². The minimum atomic E-state index is -0.701. The zero-order valence-electron chi connectivity index (χ0n) is 12.4. The predicted molar refractivity (Wildman–Crippen MR) is 86.4 cm³/mol. The highest BCUT2D eigenvalue weighted by Crippen LogP contribution is 2.30. The summed E-state index contributed by atoms with van der Waals surface area (Å²) in [6.45, 7) is 8.00. The number of hydrogen-bond donors (Lipinski definition) is 2. The van der Waals surface area contributed by atoms with E-state index < -0.39 is 5.60 Å². The minimum absolute atomic E-state index is 0.156. The fourth-order valence-electron chi connectivity index (χ4n) is 2.18. The number of aliphatic hydroxyl groups is 1. The average Bonchev–Trinajstić information content (AvgIpc) is 2.36. The Hall–Kier alpha value is -0.320. The first-order chi connectivity index (χ1) is 9.24. The average molecular weight is 319 g/mol. The van der Waals surface area contributed by atoms with E-state index in [9.17, 15) is 5.11 Å². The smallest absolute Gasteiger partial charge is 0.0718 e. The molecule has 114 valence electrons. The van der Waals surface area contributed by atoms with Crippen molar-refractivity contribution in [2.75, 3.05) is 19.6 Å². The lowest BCUT2D eigenvalue weighted by atomic mass is 10.0. The van der Waals surface area contributed by atoms with Crippen LogP contribution in [0.2, 0.25) is 10.0 Å². The Balaban J connectivity index is 2.62. The second kappa shape index (κ2) is 7.62. The van der Waals surface area contributed by atoms with Gasteiger partial charge in [0.25, 0.3) is 0 Å². The first-order valence-corrected chi connectivity index (χ1v) is 7.64. The van der Waals surface area contributed by atoms with Gasteiger partial charge in [0.1, 0.15) is 0 Å². The van der Waals surface area contributed by atoms with Crippen LogP contribution >= 0.6 is 23.2 Å². The van der Waals surface area contributed by atoms with Gasteiger partial charge < -0.3 is 15.7 Å². The summed E-state index contributed by atoms with van der Waals surface area (Å²) in [6.07, 6.45) is 0.768. The van der Waals surface area contributed by atoms with E-state index in [1.807, 2.05) is 26.0 Å². The number of halogens is 2. The van der Waals surface area contributed by atoms with Crippen molar-refractivity contribution in [3.8, 4) is 0 Å². The Morgan fingerprint density at radius 2 is 2.00 bits per heavy atom. The molecule has 20 heavy (non-hydrogen) atoms. The van der Waals surface area contributed by atoms with E-state index in [1.165, 1.54) is 0 Å². The molecule has 0 aliphatic heterocycles. The van der Waals surface area contributed by atoms with Crippen LogP contribution in [0, 0.1) is 0 Å². The molecule has 0 bridgehead atoms. The fraction of sp³-hybridized carbons (Fsp3) is 0.600. The number of rotatable bonds is 7. The van der Waals surface area contributed by atoms with E-state index in [-0.39, 0.29) is 6.04 Å². The topological polar surface area (TPSA) is 49.5 Å². The lowest BCUT2D eigenvalue weighted by Crippen LogP contribution is -2.39. The van der Waals surface area contributed by atoms with Crippen LogP contribution in [0.3, 0.4) is 0 Å². The molecule has 0 radical (unpaired) electrons. The van der Waals surface area contributed by atoms with Crippen LogP contribution in [0.5, 0.6) is 0 Å². The second-order valence-electron chi connectivity index (χ2n) is 5.72. The molecular formula is C15H24Cl2N2O. The second-order valence-corrected chi connectivity index (χ2v) is 6.50. The lowest BCUT2D eigenvalue weighted by molar-refractivity contribution is 0.0370. The van der Waals surface area contributed by atoms with Gasteiger partial charge in [-0.3, -0.25) is 0 Å².